The minimum atomic E-state index is 0.347. The number of nitrogens with zero attached hydrogens (tertiary/aromatic N) is 8. The number of fused-ring (bicyclic) bond motifs is 1. The molecular formula is C15H18N8S. The van der Waals surface area contributed by atoms with Gasteiger partial charge < -0.3 is 9.80 Å². The average molecular weight is 342 g/mol. The van der Waals surface area contributed by atoms with Crippen LogP contribution in [0, 0.1) is 0 Å². The minimum Gasteiger partial charge on any atom is -0.369 e. The summed E-state index contributed by atoms with van der Waals surface area (Å²) in [7, 11) is 7.61. The summed E-state index contributed by atoms with van der Waals surface area (Å²) in [6.07, 6.45) is 5.15. The van der Waals surface area contributed by atoms with Crippen LogP contribution in [0.15, 0.2) is 33.0 Å². The highest BCUT2D eigenvalue weighted by atomic mass is 32.1. The number of hydrogen-bond acceptors (Lipinski definition) is 6. The third kappa shape index (κ3) is 3.40. The van der Waals surface area contributed by atoms with Crippen molar-refractivity contribution in [2.45, 2.75) is 0 Å². The van der Waals surface area contributed by atoms with E-state index in [-0.39, 0.29) is 0 Å². The Morgan fingerprint density at radius 3 is 2.54 bits per heavy atom. The van der Waals surface area contributed by atoms with Crippen molar-refractivity contribution in [3.8, 4) is 11.1 Å². The molecular weight excluding hydrogens is 324 g/mol. The van der Waals surface area contributed by atoms with Crippen molar-refractivity contribution in [1.82, 2.24) is 29.4 Å². The first-order valence-corrected chi connectivity index (χ1v) is 8.18. The van der Waals surface area contributed by atoms with E-state index < -0.39 is 0 Å². The molecule has 0 aromatic carbocycles. The molecule has 124 valence electrons. The topological polar surface area (TPSA) is 74.3 Å². The molecule has 3 heterocycles. The molecule has 3 rings (SSSR count). The van der Waals surface area contributed by atoms with E-state index in [2.05, 4.69) is 30.4 Å². The molecule has 0 saturated carbocycles. The second-order valence-electron chi connectivity index (χ2n) is 5.55. The standard InChI is InChI=1S/C15H18N8S/c1-21(2)9-17-13-12(11-5-6-24-8-11)7-16-15-19-14(20-23(13)15)18-10-22(3)4/h5-10H,1-4H3. The summed E-state index contributed by atoms with van der Waals surface area (Å²) in [6, 6.07) is 2.03. The van der Waals surface area contributed by atoms with Crippen molar-refractivity contribution in [1.29, 1.82) is 0 Å². The molecule has 0 spiro atoms. The minimum absolute atomic E-state index is 0.347. The van der Waals surface area contributed by atoms with E-state index in [1.165, 1.54) is 0 Å². The third-order valence-electron chi connectivity index (χ3n) is 2.98. The average Bonchev–Trinajstić information content (AvgIpc) is 3.19. The lowest BCUT2D eigenvalue weighted by atomic mass is 10.2. The van der Waals surface area contributed by atoms with Gasteiger partial charge in [-0.05, 0) is 22.4 Å². The molecule has 0 aliphatic rings. The second-order valence-corrected chi connectivity index (χ2v) is 6.33. The Balaban J connectivity index is 2.16. The molecule has 24 heavy (non-hydrogen) atoms. The maximum absolute atomic E-state index is 4.56. The van der Waals surface area contributed by atoms with Crippen LogP contribution in [0.3, 0.4) is 0 Å². The number of thiophene rings is 1. The summed E-state index contributed by atoms with van der Waals surface area (Å²) in [5.41, 5.74) is 1.95. The zero-order valence-electron chi connectivity index (χ0n) is 14.0. The van der Waals surface area contributed by atoms with Gasteiger partial charge >= 0.3 is 0 Å². The van der Waals surface area contributed by atoms with Gasteiger partial charge in [-0.2, -0.15) is 20.8 Å². The summed E-state index contributed by atoms with van der Waals surface area (Å²) < 4.78 is 1.62. The summed E-state index contributed by atoms with van der Waals surface area (Å²) in [5, 5.41) is 8.50. The lowest BCUT2D eigenvalue weighted by molar-refractivity contribution is 0.642. The fourth-order valence-corrected chi connectivity index (χ4v) is 2.61. The number of rotatable bonds is 5. The first kappa shape index (κ1) is 16.1. The normalized spacial score (nSPS) is 11.8. The molecule has 0 N–H and O–H groups in total. The lowest BCUT2D eigenvalue weighted by Gasteiger charge is -2.07. The Hall–Kier alpha value is -2.81. The molecule has 0 bridgehead atoms. The molecule has 8 nitrogen and oxygen atoms in total. The van der Waals surface area contributed by atoms with Gasteiger partial charge in [0.05, 0.1) is 12.7 Å². The largest absolute Gasteiger partial charge is 0.369 e. The van der Waals surface area contributed by atoms with E-state index >= 15 is 0 Å². The van der Waals surface area contributed by atoms with Crippen LogP contribution in [-0.4, -0.2) is 70.2 Å². The van der Waals surface area contributed by atoms with Crippen LogP contribution in [0.2, 0.25) is 0 Å². The number of hydrogen-bond donors (Lipinski definition) is 0. The molecule has 0 saturated heterocycles. The lowest BCUT2D eigenvalue weighted by Crippen LogP contribution is -2.08. The van der Waals surface area contributed by atoms with E-state index in [9.17, 15) is 0 Å². The van der Waals surface area contributed by atoms with E-state index in [1.54, 1.807) is 34.7 Å². The predicted molar refractivity (Wildman–Crippen MR) is 97.8 cm³/mol. The van der Waals surface area contributed by atoms with Crippen molar-refractivity contribution >= 4 is 41.6 Å². The number of aromatic nitrogens is 4. The SMILES string of the molecule is CN(C)C=Nc1nc2ncc(-c3ccsc3)c(N=CN(C)C)n2n1. The molecule has 0 amide bonds. The summed E-state index contributed by atoms with van der Waals surface area (Å²) >= 11 is 1.63. The molecule has 9 heteroatoms. The summed E-state index contributed by atoms with van der Waals surface area (Å²) in [6.45, 7) is 0. The van der Waals surface area contributed by atoms with Crippen molar-refractivity contribution in [2.75, 3.05) is 28.2 Å². The fraction of sp³-hybridized carbons (Fsp3) is 0.267. The van der Waals surface area contributed by atoms with Crippen LogP contribution in [0.1, 0.15) is 0 Å². The van der Waals surface area contributed by atoms with E-state index in [0.717, 1.165) is 11.1 Å². The maximum Gasteiger partial charge on any atom is 0.272 e. The summed E-state index contributed by atoms with van der Waals surface area (Å²) in [4.78, 5) is 21.2. The van der Waals surface area contributed by atoms with Crippen LogP contribution in [-0.2, 0) is 0 Å². The third-order valence-corrected chi connectivity index (χ3v) is 3.66. The Labute approximate surface area is 143 Å². The van der Waals surface area contributed by atoms with E-state index in [1.807, 2.05) is 49.4 Å². The van der Waals surface area contributed by atoms with Crippen LogP contribution >= 0.6 is 11.3 Å². The molecule has 0 fully saturated rings. The van der Waals surface area contributed by atoms with Crippen molar-refractivity contribution in [3.63, 3.8) is 0 Å². The first-order valence-electron chi connectivity index (χ1n) is 7.24. The Kier molecular flexibility index (Phi) is 4.52. The zero-order valence-corrected chi connectivity index (χ0v) is 14.8. The van der Waals surface area contributed by atoms with E-state index in [4.69, 9.17) is 0 Å². The Morgan fingerprint density at radius 2 is 1.88 bits per heavy atom. The van der Waals surface area contributed by atoms with Crippen LogP contribution < -0.4 is 0 Å². The van der Waals surface area contributed by atoms with Crippen molar-refractivity contribution in [2.24, 2.45) is 9.98 Å². The highest BCUT2D eigenvalue weighted by molar-refractivity contribution is 7.08. The van der Waals surface area contributed by atoms with Gasteiger partial charge in [-0.1, -0.05) is 0 Å². The Morgan fingerprint density at radius 1 is 1.12 bits per heavy atom. The molecule has 3 aromatic rings. The van der Waals surface area contributed by atoms with Crippen LogP contribution in [0.4, 0.5) is 11.8 Å². The van der Waals surface area contributed by atoms with Gasteiger partial charge in [0.15, 0.2) is 5.82 Å². The quantitative estimate of drug-likeness (QED) is 0.525. The van der Waals surface area contributed by atoms with Gasteiger partial charge in [-0.3, -0.25) is 0 Å². The van der Waals surface area contributed by atoms with Gasteiger partial charge in [-0.15, -0.1) is 5.10 Å². The van der Waals surface area contributed by atoms with Crippen LogP contribution in [0.25, 0.3) is 16.9 Å². The van der Waals surface area contributed by atoms with Gasteiger partial charge in [-0.25, -0.2) is 15.0 Å². The molecule has 0 unspecified atom stereocenters. The highest BCUT2D eigenvalue weighted by Crippen LogP contribution is 2.31. The van der Waals surface area contributed by atoms with Gasteiger partial charge in [0.25, 0.3) is 11.7 Å². The van der Waals surface area contributed by atoms with Gasteiger partial charge in [0.2, 0.25) is 0 Å². The van der Waals surface area contributed by atoms with E-state index in [0.29, 0.717) is 17.5 Å². The Bertz CT molecular complexity index is 876. The molecule has 0 atom stereocenters. The first-order chi connectivity index (χ1) is 11.5. The molecule has 3 aromatic heterocycles. The van der Waals surface area contributed by atoms with Gasteiger partial charge in [0, 0.05) is 40.0 Å². The maximum atomic E-state index is 4.56. The monoisotopic (exact) mass is 342 g/mol. The molecule has 0 radical (unpaired) electrons. The van der Waals surface area contributed by atoms with Crippen LogP contribution in [0.5, 0.6) is 0 Å². The summed E-state index contributed by atoms with van der Waals surface area (Å²) in [5.74, 6) is 1.48. The van der Waals surface area contributed by atoms with Gasteiger partial charge in [0.1, 0.15) is 0 Å². The number of aliphatic imine (C=N–C) groups is 2. The predicted octanol–water partition coefficient (Wildman–Crippen LogP) is 2.30. The molecule has 0 aliphatic heterocycles. The second kappa shape index (κ2) is 6.75. The smallest absolute Gasteiger partial charge is 0.272 e. The van der Waals surface area contributed by atoms with Crippen molar-refractivity contribution in [3.05, 3.63) is 23.0 Å². The zero-order chi connectivity index (χ0) is 17.1. The van der Waals surface area contributed by atoms with Crippen molar-refractivity contribution < 1.29 is 0 Å². The molecule has 0 aliphatic carbocycles. The fourth-order valence-electron chi connectivity index (χ4n) is 1.95. The highest BCUT2D eigenvalue weighted by Gasteiger charge is 2.14.